The van der Waals surface area contributed by atoms with Gasteiger partial charge < -0.3 is 14.2 Å². The molecule has 74 heavy (non-hydrogen) atoms. The van der Waals surface area contributed by atoms with Gasteiger partial charge in [0.1, 0.15) is 13.2 Å². The lowest BCUT2D eigenvalue weighted by Crippen LogP contribution is -2.30. The first-order chi connectivity index (χ1) is 36.5. The second kappa shape index (κ2) is 63.9. The van der Waals surface area contributed by atoms with Gasteiger partial charge in [0.05, 0.1) is 0 Å². The maximum Gasteiger partial charge on any atom is 0.306 e. The summed E-state index contributed by atoms with van der Waals surface area (Å²) in [7, 11) is 0. The SMILES string of the molecule is CCCCCCCCCCCCCCCCCCCCCCCCC(=O)OCC(COC(=O)CCCCCCCCCCCCCCCC)OC(=O)CCCCCCCCCCCCCCCCCCCCCC. The summed E-state index contributed by atoms with van der Waals surface area (Å²) < 4.78 is 17.0. The van der Waals surface area contributed by atoms with E-state index in [1.807, 2.05) is 0 Å². The lowest BCUT2D eigenvalue weighted by molar-refractivity contribution is -0.167. The van der Waals surface area contributed by atoms with Gasteiger partial charge in [0.25, 0.3) is 0 Å². The van der Waals surface area contributed by atoms with Gasteiger partial charge in [-0.3, -0.25) is 14.4 Å². The van der Waals surface area contributed by atoms with Crippen molar-refractivity contribution in [2.24, 2.45) is 0 Å². The van der Waals surface area contributed by atoms with E-state index in [-0.39, 0.29) is 31.1 Å². The van der Waals surface area contributed by atoms with Gasteiger partial charge in [0.15, 0.2) is 6.10 Å². The second-order valence-corrected chi connectivity index (χ2v) is 23.5. The first-order valence-electron chi connectivity index (χ1n) is 34.0. The lowest BCUT2D eigenvalue weighted by Gasteiger charge is -2.18. The van der Waals surface area contributed by atoms with Gasteiger partial charge in [-0.05, 0) is 19.3 Å². The van der Waals surface area contributed by atoms with Crippen molar-refractivity contribution in [1.29, 1.82) is 0 Å². The Kier molecular flexibility index (Phi) is 62.6. The molecule has 1 unspecified atom stereocenters. The molecule has 440 valence electrons. The highest BCUT2D eigenvalue weighted by Gasteiger charge is 2.19. The van der Waals surface area contributed by atoms with Crippen LogP contribution in [0.1, 0.15) is 400 Å². The Morgan fingerprint density at radius 1 is 0.216 bits per heavy atom. The van der Waals surface area contributed by atoms with E-state index >= 15 is 0 Å². The molecule has 0 aliphatic heterocycles. The highest BCUT2D eigenvalue weighted by molar-refractivity contribution is 5.71. The normalized spacial score (nSPS) is 11.9. The third kappa shape index (κ3) is 61.3. The Labute approximate surface area is 463 Å². The Bertz CT molecular complexity index is 1110. The molecule has 0 radical (unpaired) electrons. The Morgan fingerprint density at radius 2 is 0.365 bits per heavy atom. The minimum atomic E-state index is -0.763. The molecule has 0 aliphatic rings. The van der Waals surface area contributed by atoms with E-state index in [0.717, 1.165) is 57.8 Å². The predicted octanol–water partition coefficient (Wildman–Crippen LogP) is 23.1. The molecule has 0 fully saturated rings. The van der Waals surface area contributed by atoms with Crippen molar-refractivity contribution in [3.8, 4) is 0 Å². The molecule has 1 atom stereocenters. The topological polar surface area (TPSA) is 78.9 Å². The summed E-state index contributed by atoms with van der Waals surface area (Å²) in [4.78, 5) is 38.4. The molecule has 0 bridgehead atoms. The van der Waals surface area contributed by atoms with Crippen LogP contribution in [-0.2, 0) is 28.6 Å². The third-order valence-electron chi connectivity index (χ3n) is 15.9. The summed E-state index contributed by atoms with van der Waals surface area (Å²) >= 11 is 0. The number of hydrogen-bond acceptors (Lipinski definition) is 6. The standard InChI is InChI=1S/C68H132O6/c1-4-7-10-13-16-19-22-25-28-30-32-34-35-37-38-40-43-46-49-52-55-58-61-67(70)73-64-65(63-72-66(69)60-57-54-51-48-45-42-27-24-21-18-15-12-9-6-3)74-68(71)62-59-56-53-50-47-44-41-39-36-33-31-29-26-23-20-17-14-11-8-5-2/h65H,4-64H2,1-3H3. The van der Waals surface area contributed by atoms with Gasteiger partial charge >= 0.3 is 17.9 Å². The van der Waals surface area contributed by atoms with Gasteiger partial charge in [0.2, 0.25) is 0 Å². The quantitative estimate of drug-likeness (QED) is 0.0343. The van der Waals surface area contributed by atoms with Crippen LogP contribution < -0.4 is 0 Å². The highest BCUT2D eigenvalue weighted by atomic mass is 16.6. The molecule has 0 aromatic heterocycles. The van der Waals surface area contributed by atoms with E-state index in [1.54, 1.807) is 0 Å². The van der Waals surface area contributed by atoms with E-state index in [4.69, 9.17) is 14.2 Å². The van der Waals surface area contributed by atoms with Crippen LogP contribution in [-0.4, -0.2) is 37.2 Å². The molecule has 6 heteroatoms. The molecule has 0 aliphatic carbocycles. The first kappa shape index (κ1) is 72.4. The molecule has 0 aromatic rings. The van der Waals surface area contributed by atoms with Crippen molar-refractivity contribution in [2.45, 2.75) is 406 Å². The Balaban J connectivity index is 4.23. The maximum absolute atomic E-state index is 12.9. The van der Waals surface area contributed by atoms with Gasteiger partial charge in [-0.1, -0.05) is 361 Å². The number of ether oxygens (including phenoxy) is 3. The Hall–Kier alpha value is -1.59. The van der Waals surface area contributed by atoms with E-state index in [9.17, 15) is 14.4 Å². The van der Waals surface area contributed by atoms with Crippen LogP contribution >= 0.6 is 0 Å². The van der Waals surface area contributed by atoms with Crippen LogP contribution in [0.4, 0.5) is 0 Å². The van der Waals surface area contributed by atoms with Crippen molar-refractivity contribution in [2.75, 3.05) is 13.2 Å². The number of esters is 3. The molecule has 0 saturated heterocycles. The number of carbonyl (C=O) groups is 3. The second-order valence-electron chi connectivity index (χ2n) is 23.5. The van der Waals surface area contributed by atoms with E-state index in [1.165, 1.54) is 302 Å². The smallest absolute Gasteiger partial charge is 0.306 e. The number of unbranched alkanes of at least 4 members (excludes halogenated alkanes) is 53. The molecule has 0 amide bonds. The van der Waals surface area contributed by atoms with Crippen molar-refractivity contribution in [3.63, 3.8) is 0 Å². The fourth-order valence-corrected chi connectivity index (χ4v) is 10.7. The fourth-order valence-electron chi connectivity index (χ4n) is 10.7. The van der Waals surface area contributed by atoms with Crippen LogP contribution in [0.2, 0.25) is 0 Å². The zero-order chi connectivity index (χ0) is 53.6. The number of rotatable bonds is 64. The van der Waals surface area contributed by atoms with Crippen LogP contribution in [0.25, 0.3) is 0 Å². The summed E-state index contributed by atoms with van der Waals surface area (Å²) in [5.41, 5.74) is 0. The molecular weight excluding hydrogens is 913 g/mol. The molecule has 6 nitrogen and oxygen atoms in total. The number of carbonyl (C=O) groups excluding carboxylic acids is 3. The van der Waals surface area contributed by atoms with Crippen molar-refractivity contribution < 1.29 is 28.6 Å². The van der Waals surface area contributed by atoms with Crippen molar-refractivity contribution >= 4 is 17.9 Å². The molecule has 0 rings (SSSR count). The maximum atomic E-state index is 12.9. The monoisotopic (exact) mass is 1050 g/mol. The van der Waals surface area contributed by atoms with Gasteiger partial charge in [-0.25, -0.2) is 0 Å². The number of hydrogen-bond donors (Lipinski definition) is 0. The molecule has 0 aromatic carbocycles. The minimum absolute atomic E-state index is 0.0602. The molecule has 0 N–H and O–H groups in total. The fraction of sp³-hybridized carbons (Fsp3) is 0.956. The summed E-state index contributed by atoms with van der Waals surface area (Å²) in [5.74, 6) is -0.821. The molecular formula is C68H132O6. The average Bonchev–Trinajstić information content (AvgIpc) is 3.40. The van der Waals surface area contributed by atoms with Crippen LogP contribution in [0.5, 0.6) is 0 Å². The van der Waals surface area contributed by atoms with E-state index < -0.39 is 6.10 Å². The molecule has 0 saturated carbocycles. The third-order valence-corrected chi connectivity index (χ3v) is 15.9. The first-order valence-corrected chi connectivity index (χ1v) is 34.0. The zero-order valence-electron chi connectivity index (χ0n) is 50.7. The summed E-state index contributed by atoms with van der Waals surface area (Å²) in [6.45, 7) is 6.74. The van der Waals surface area contributed by atoms with Crippen LogP contribution in [0.15, 0.2) is 0 Å². The highest BCUT2D eigenvalue weighted by Crippen LogP contribution is 2.19. The van der Waals surface area contributed by atoms with Crippen LogP contribution in [0, 0.1) is 0 Å². The van der Waals surface area contributed by atoms with Crippen molar-refractivity contribution in [3.05, 3.63) is 0 Å². The summed E-state index contributed by atoms with van der Waals surface area (Å²) in [6.07, 6.45) is 74.1. The zero-order valence-corrected chi connectivity index (χ0v) is 50.7. The average molecular weight is 1050 g/mol. The Morgan fingerprint density at radius 3 is 0.541 bits per heavy atom. The summed E-state index contributed by atoms with van der Waals surface area (Å²) in [5, 5.41) is 0. The summed E-state index contributed by atoms with van der Waals surface area (Å²) in [6, 6.07) is 0. The van der Waals surface area contributed by atoms with E-state index in [2.05, 4.69) is 20.8 Å². The lowest BCUT2D eigenvalue weighted by atomic mass is 10.0. The van der Waals surface area contributed by atoms with E-state index in [0.29, 0.717) is 19.3 Å². The largest absolute Gasteiger partial charge is 0.462 e. The van der Waals surface area contributed by atoms with Gasteiger partial charge in [-0.15, -0.1) is 0 Å². The van der Waals surface area contributed by atoms with Gasteiger partial charge in [0, 0.05) is 19.3 Å². The molecule has 0 spiro atoms. The van der Waals surface area contributed by atoms with Crippen LogP contribution in [0.3, 0.4) is 0 Å². The van der Waals surface area contributed by atoms with Crippen molar-refractivity contribution in [1.82, 2.24) is 0 Å². The molecule has 0 heterocycles. The predicted molar refractivity (Wildman–Crippen MR) is 321 cm³/mol. The van der Waals surface area contributed by atoms with Gasteiger partial charge in [-0.2, -0.15) is 0 Å². The minimum Gasteiger partial charge on any atom is -0.462 e.